The number of rotatable bonds is 5. The molecule has 3 atom stereocenters. The molecule has 16 heavy (non-hydrogen) atoms. The zero-order valence-corrected chi connectivity index (χ0v) is 10.8. The molecule has 94 valence electrons. The van der Waals surface area contributed by atoms with E-state index >= 15 is 0 Å². The van der Waals surface area contributed by atoms with Crippen LogP contribution in [0.25, 0.3) is 0 Å². The minimum Gasteiger partial charge on any atom is -0.392 e. The van der Waals surface area contributed by atoms with E-state index in [1.807, 2.05) is 27.9 Å². The van der Waals surface area contributed by atoms with E-state index < -0.39 is 0 Å². The van der Waals surface area contributed by atoms with E-state index in [0.717, 1.165) is 13.0 Å². The highest BCUT2D eigenvalue weighted by Crippen LogP contribution is 2.21. The molecule has 1 rings (SSSR count). The maximum absolute atomic E-state index is 11.7. The number of ketones is 1. The van der Waals surface area contributed by atoms with Gasteiger partial charge in [-0.2, -0.15) is 0 Å². The number of nitrogens with zero attached hydrogens (tertiary/aromatic N) is 2. The Kier molecular flexibility index (Phi) is 4.89. The van der Waals surface area contributed by atoms with Crippen molar-refractivity contribution in [1.29, 1.82) is 0 Å². The second-order valence-electron chi connectivity index (χ2n) is 5.00. The number of Topliss-reactive ketones (excluding diaryl/α,β-unsaturated/α-hetero) is 1. The molecule has 0 saturated carbocycles. The lowest BCUT2D eigenvalue weighted by atomic mass is 10.1. The van der Waals surface area contributed by atoms with Gasteiger partial charge in [-0.1, -0.05) is 6.92 Å². The van der Waals surface area contributed by atoms with Crippen molar-refractivity contribution in [2.75, 3.05) is 27.2 Å². The average Bonchev–Trinajstić information content (AvgIpc) is 2.56. The van der Waals surface area contributed by atoms with Gasteiger partial charge in [-0.05, 0) is 27.4 Å². The van der Waals surface area contributed by atoms with Gasteiger partial charge in [-0.25, -0.2) is 0 Å². The maximum atomic E-state index is 11.7. The Morgan fingerprint density at radius 1 is 1.56 bits per heavy atom. The van der Waals surface area contributed by atoms with Crippen molar-refractivity contribution in [1.82, 2.24) is 9.80 Å². The topological polar surface area (TPSA) is 43.8 Å². The molecule has 0 radical (unpaired) electrons. The second kappa shape index (κ2) is 5.75. The first kappa shape index (κ1) is 13.6. The van der Waals surface area contributed by atoms with Crippen LogP contribution in [0.15, 0.2) is 0 Å². The number of β-amino-alcohol motifs (C(OH)–C–C–N with tert-alkyl or cyclic N) is 1. The van der Waals surface area contributed by atoms with Crippen LogP contribution in [0.2, 0.25) is 0 Å². The lowest BCUT2D eigenvalue weighted by Gasteiger charge is -2.31. The Balaban J connectivity index is 2.65. The Bertz CT molecular complexity index is 243. The summed E-state index contributed by atoms with van der Waals surface area (Å²) in [7, 11) is 4.05. The minimum absolute atomic E-state index is 0.0629. The van der Waals surface area contributed by atoms with Crippen molar-refractivity contribution in [2.45, 2.75) is 44.9 Å². The van der Waals surface area contributed by atoms with Crippen molar-refractivity contribution < 1.29 is 9.90 Å². The van der Waals surface area contributed by atoms with E-state index in [1.165, 1.54) is 0 Å². The Labute approximate surface area is 98.2 Å². The van der Waals surface area contributed by atoms with Crippen LogP contribution in [-0.2, 0) is 4.79 Å². The largest absolute Gasteiger partial charge is 0.392 e. The molecule has 1 heterocycles. The summed E-state index contributed by atoms with van der Waals surface area (Å²) in [6, 6.07) is 0.239. The van der Waals surface area contributed by atoms with Crippen LogP contribution >= 0.6 is 0 Å². The zero-order valence-electron chi connectivity index (χ0n) is 10.8. The monoisotopic (exact) mass is 228 g/mol. The molecule has 0 aliphatic carbocycles. The summed E-state index contributed by atoms with van der Waals surface area (Å²) < 4.78 is 0. The van der Waals surface area contributed by atoms with Crippen LogP contribution in [0.1, 0.15) is 26.7 Å². The zero-order chi connectivity index (χ0) is 12.3. The van der Waals surface area contributed by atoms with Crippen molar-refractivity contribution in [3.05, 3.63) is 0 Å². The van der Waals surface area contributed by atoms with Crippen LogP contribution < -0.4 is 0 Å². The van der Waals surface area contributed by atoms with Gasteiger partial charge in [0.05, 0.1) is 12.1 Å². The normalized spacial score (nSPS) is 28.6. The molecule has 0 aromatic rings. The van der Waals surface area contributed by atoms with E-state index in [2.05, 4.69) is 9.80 Å². The van der Waals surface area contributed by atoms with Crippen molar-refractivity contribution >= 4 is 5.78 Å². The fourth-order valence-electron chi connectivity index (χ4n) is 2.47. The molecule has 0 amide bonds. The van der Waals surface area contributed by atoms with Crippen LogP contribution in [0.5, 0.6) is 0 Å². The molecule has 0 aromatic carbocycles. The average molecular weight is 228 g/mol. The molecule has 1 saturated heterocycles. The van der Waals surface area contributed by atoms with Crippen LogP contribution in [0.4, 0.5) is 0 Å². The molecule has 3 unspecified atom stereocenters. The van der Waals surface area contributed by atoms with Gasteiger partial charge < -0.3 is 10.0 Å². The first-order chi connectivity index (χ1) is 7.45. The van der Waals surface area contributed by atoms with Gasteiger partial charge in [-0.3, -0.25) is 9.69 Å². The number of aliphatic hydroxyl groups excluding tert-OH is 1. The van der Waals surface area contributed by atoms with E-state index in [-0.39, 0.29) is 17.9 Å². The van der Waals surface area contributed by atoms with Gasteiger partial charge in [0.15, 0.2) is 0 Å². The predicted octanol–water partition coefficient (Wildman–Crippen LogP) is 0.351. The maximum Gasteiger partial charge on any atom is 0.149 e. The SMILES string of the molecule is CCC(=O)C(C)N1CC(O)CC1CN(C)C. The Hall–Kier alpha value is -0.450. The Morgan fingerprint density at radius 3 is 2.69 bits per heavy atom. The van der Waals surface area contributed by atoms with Gasteiger partial charge in [-0.15, -0.1) is 0 Å². The lowest BCUT2D eigenvalue weighted by molar-refractivity contribution is -0.123. The summed E-state index contributed by atoms with van der Waals surface area (Å²) in [5.74, 6) is 0.262. The molecule has 1 fully saturated rings. The molecule has 4 heteroatoms. The number of likely N-dealkylation sites (tertiary alicyclic amines) is 1. The summed E-state index contributed by atoms with van der Waals surface area (Å²) in [6.07, 6.45) is 1.07. The Morgan fingerprint density at radius 2 is 2.19 bits per heavy atom. The summed E-state index contributed by atoms with van der Waals surface area (Å²) in [5.41, 5.74) is 0. The minimum atomic E-state index is -0.281. The smallest absolute Gasteiger partial charge is 0.149 e. The number of carbonyl (C=O) groups is 1. The predicted molar refractivity (Wildman–Crippen MR) is 64.4 cm³/mol. The highest BCUT2D eigenvalue weighted by atomic mass is 16.3. The van der Waals surface area contributed by atoms with Gasteiger partial charge in [0.25, 0.3) is 0 Å². The fourth-order valence-corrected chi connectivity index (χ4v) is 2.47. The van der Waals surface area contributed by atoms with E-state index in [0.29, 0.717) is 19.0 Å². The first-order valence-electron chi connectivity index (χ1n) is 6.07. The van der Waals surface area contributed by atoms with Gasteiger partial charge in [0.2, 0.25) is 0 Å². The first-order valence-corrected chi connectivity index (χ1v) is 6.07. The summed E-state index contributed by atoms with van der Waals surface area (Å²) in [5, 5.41) is 9.71. The van der Waals surface area contributed by atoms with Crippen LogP contribution in [-0.4, -0.2) is 66.1 Å². The standard InChI is InChI=1S/C12H24N2O2/c1-5-12(16)9(2)14-8-11(15)6-10(14)7-13(3)4/h9-11,15H,5-8H2,1-4H3. The number of likely N-dealkylation sites (N-methyl/N-ethyl adjacent to an activating group) is 1. The third kappa shape index (κ3) is 3.27. The molecule has 1 N–H and O–H groups in total. The van der Waals surface area contributed by atoms with E-state index in [4.69, 9.17) is 0 Å². The summed E-state index contributed by atoms with van der Waals surface area (Å²) in [6.45, 7) is 5.38. The lowest BCUT2D eigenvalue weighted by Crippen LogP contribution is -2.46. The molecular weight excluding hydrogens is 204 g/mol. The van der Waals surface area contributed by atoms with Crippen molar-refractivity contribution in [2.24, 2.45) is 0 Å². The second-order valence-corrected chi connectivity index (χ2v) is 5.00. The number of hydrogen-bond donors (Lipinski definition) is 1. The van der Waals surface area contributed by atoms with Crippen LogP contribution in [0, 0.1) is 0 Å². The third-order valence-corrected chi connectivity index (χ3v) is 3.32. The molecular formula is C12H24N2O2. The molecule has 0 aromatic heterocycles. The van der Waals surface area contributed by atoms with Gasteiger partial charge in [0.1, 0.15) is 5.78 Å². The number of carbonyl (C=O) groups excluding carboxylic acids is 1. The molecule has 0 bridgehead atoms. The molecule has 4 nitrogen and oxygen atoms in total. The van der Waals surface area contributed by atoms with E-state index in [1.54, 1.807) is 0 Å². The van der Waals surface area contributed by atoms with Gasteiger partial charge in [0, 0.05) is 25.6 Å². The quantitative estimate of drug-likeness (QED) is 0.737. The van der Waals surface area contributed by atoms with Crippen molar-refractivity contribution in [3.63, 3.8) is 0 Å². The summed E-state index contributed by atoms with van der Waals surface area (Å²) >= 11 is 0. The molecule has 1 aliphatic heterocycles. The highest BCUT2D eigenvalue weighted by molar-refractivity contribution is 5.83. The highest BCUT2D eigenvalue weighted by Gasteiger charge is 2.35. The molecule has 0 spiro atoms. The van der Waals surface area contributed by atoms with Crippen molar-refractivity contribution in [3.8, 4) is 0 Å². The van der Waals surface area contributed by atoms with Gasteiger partial charge >= 0.3 is 0 Å². The number of hydrogen-bond acceptors (Lipinski definition) is 4. The summed E-state index contributed by atoms with van der Waals surface area (Å²) in [4.78, 5) is 16.0. The van der Waals surface area contributed by atoms with E-state index in [9.17, 15) is 9.90 Å². The number of aliphatic hydroxyl groups is 1. The fraction of sp³-hybridized carbons (Fsp3) is 0.917. The van der Waals surface area contributed by atoms with Crippen LogP contribution in [0.3, 0.4) is 0 Å². The third-order valence-electron chi connectivity index (χ3n) is 3.32. The molecule has 1 aliphatic rings.